The maximum Gasteiger partial charge on any atom is 0.319 e. The highest BCUT2D eigenvalue weighted by Gasteiger charge is 2.03. The van der Waals surface area contributed by atoms with Crippen LogP contribution in [-0.4, -0.2) is 23.7 Å². The molecule has 5 heteroatoms. The van der Waals surface area contributed by atoms with E-state index >= 15 is 0 Å². The van der Waals surface area contributed by atoms with Crippen LogP contribution < -0.4 is 10.6 Å². The first-order chi connectivity index (χ1) is 9.61. The first-order valence-electron chi connectivity index (χ1n) is 6.97. The number of nitrogens with one attached hydrogen (secondary N) is 2. The molecule has 1 rings (SSSR count). The lowest BCUT2D eigenvalue weighted by Gasteiger charge is -2.07. The van der Waals surface area contributed by atoms with Gasteiger partial charge in [0.1, 0.15) is 0 Å². The first kappa shape index (κ1) is 16.0. The highest BCUT2D eigenvalue weighted by atomic mass is 16.4. The van der Waals surface area contributed by atoms with Crippen molar-refractivity contribution in [3.63, 3.8) is 0 Å². The van der Waals surface area contributed by atoms with Gasteiger partial charge in [-0.1, -0.05) is 31.9 Å². The number of carbonyl (C=O) groups excluding carboxylic acids is 1. The van der Waals surface area contributed by atoms with Gasteiger partial charge in [-0.05, 0) is 30.5 Å². The largest absolute Gasteiger partial charge is 0.481 e. The predicted molar refractivity (Wildman–Crippen MR) is 78.9 cm³/mol. The van der Waals surface area contributed by atoms with E-state index in [1.807, 2.05) is 24.3 Å². The van der Waals surface area contributed by atoms with E-state index in [9.17, 15) is 9.59 Å². The quantitative estimate of drug-likeness (QED) is 0.640. The van der Waals surface area contributed by atoms with Crippen molar-refractivity contribution >= 4 is 17.7 Å². The van der Waals surface area contributed by atoms with Crippen LogP contribution in [0.15, 0.2) is 24.3 Å². The van der Waals surface area contributed by atoms with Crippen LogP contribution in [0.25, 0.3) is 0 Å². The molecule has 0 radical (unpaired) electrons. The Kier molecular flexibility index (Phi) is 7.17. The summed E-state index contributed by atoms with van der Waals surface area (Å²) >= 11 is 0. The molecule has 0 heterocycles. The van der Waals surface area contributed by atoms with E-state index in [-0.39, 0.29) is 19.0 Å². The zero-order chi connectivity index (χ0) is 14.8. The summed E-state index contributed by atoms with van der Waals surface area (Å²) in [6, 6.07) is 7.34. The number of rotatable bonds is 8. The second-order valence-electron chi connectivity index (χ2n) is 4.68. The van der Waals surface area contributed by atoms with Crippen molar-refractivity contribution in [2.75, 3.05) is 11.9 Å². The summed E-state index contributed by atoms with van der Waals surface area (Å²) in [7, 11) is 0. The second-order valence-corrected chi connectivity index (χ2v) is 4.68. The molecule has 0 aliphatic carbocycles. The Morgan fingerprint density at radius 1 is 1.15 bits per heavy atom. The van der Waals surface area contributed by atoms with Crippen LogP contribution in [0.1, 0.15) is 38.2 Å². The number of anilines is 1. The molecule has 0 aromatic heterocycles. The molecule has 20 heavy (non-hydrogen) atoms. The van der Waals surface area contributed by atoms with Crippen molar-refractivity contribution in [3.8, 4) is 0 Å². The monoisotopic (exact) mass is 278 g/mol. The number of carboxylic acid groups (broad SMARTS) is 1. The van der Waals surface area contributed by atoms with Gasteiger partial charge in [-0.2, -0.15) is 0 Å². The van der Waals surface area contributed by atoms with Gasteiger partial charge in [0.25, 0.3) is 0 Å². The Balaban J connectivity index is 2.33. The fraction of sp³-hybridized carbons (Fsp3) is 0.467. The van der Waals surface area contributed by atoms with Crippen molar-refractivity contribution in [2.24, 2.45) is 0 Å². The minimum absolute atomic E-state index is 0.0796. The number of aryl methyl sites for hydroxylation is 1. The molecule has 3 N–H and O–H groups in total. The summed E-state index contributed by atoms with van der Waals surface area (Å²) in [4.78, 5) is 21.8. The van der Waals surface area contributed by atoms with Crippen LogP contribution in [0.2, 0.25) is 0 Å². The number of benzene rings is 1. The standard InChI is InChI=1S/C15H22N2O3/c1-2-3-4-5-12-6-8-13(9-7-12)17-15(20)16-11-10-14(18)19/h6-9H,2-5,10-11H2,1H3,(H,18,19)(H2,16,17,20). The molecule has 1 aromatic rings. The third-order valence-electron chi connectivity index (χ3n) is 2.91. The van der Waals surface area contributed by atoms with Gasteiger partial charge in [0.15, 0.2) is 0 Å². The number of aliphatic carboxylic acids is 1. The van der Waals surface area contributed by atoms with Crippen molar-refractivity contribution < 1.29 is 14.7 Å². The third-order valence-corrected chi connectivity index (χ3v) is 2.91. The Morgan fingerprint density at radius 2 is 1.85 bits per heavy atom. The molecule has 110 valence electrons. The molecule has 2 amide bonds. The molecule has 1 aromatic carbocycles. The summed E-state index contributed by atoms with van der Waals surface area (Å²) < 4.78 is 0. The van der Waals surface area contributed by atoms with E-state index < -0.39 is 5.97 Å². The average molecular weight is 278 g/mol. The lowest BCUT2D eigenvalue weighted by atomic mass is 10.1. The van der Waals surface area contributed by atoms with Crippen LogP contribution in [0.4, 0.5) is 10.5 Å². The molecular weight excluding hydrogens is 256 g/mol. The average Bonchev–Trinajstić information content (AvgIpc) is 2.40. The molecule has 0 unspecified atom stereocenters. The first-order valence-corrected chi connectivity index (χ1v) is 6.97. The smallest absolute Gasteiger partial charge is 0.319 e. The maximum absolute atomic E-state index is 11.5. The van der Waals surface area contributed by atoms with Gasteiger partial charge in [0.05, 0.1) is 6.42 Å². The molecule has 5 nitrogen and oxygen atoms in total. The van der Waals surface area contributed by atoms with Crippen molar-refractivity contribution in [1.82, 2.24) is 5.32 Å². The minimum atomic E-state index is -0.929. The summed E-state index contributed by atoms with van der Waals surface area (Å²) in [5.74, 6) is -0.929. The highest BCUT2D eigenvalue weighted by molar-refractivity contribution is 5.89. The zero-order valence-corrected chi connectivity index (χ0v) is 11.8. The molecule has 0 bridgehead atoms. The number of hydrogen-bond donors (Lipinski definition) is 3. The van der Waals surface area contributed by atoms with E-state index in [1.165, 1.54) is 24.8 Å². The topological polar surface area (TPSA) is 78.4 Å². The van der Waals surface area contributed by atoms with Gasteiger partial charge in [0, 0.05) is 12.2 Å². The molecular formula is C15H22N2O3. The second kappa shape index (κ2) is 8.96. The summed E-state index contributed by atoms with van der Waals surface area (Å²) in [5.41, 5.74) is 1.97. The molecule has 0 atom stereocenters. The van der Waals surface area contributed by atoms with Crippen LogP contribution in [-0.2, 0) is 11.2 Å². The number of carbonyl (C=O) groups is 2. The van der Waals surface area contributed by atoms with Gasteiger partial charge in [-0.15, -0.1) is 0 Å². The summed E-state index contributed by atoms with van der Waals surface area (Å²) in [6.07, 6.45) is 4.59. The van der Waals surface area contributed by atoms with E-state index in [1.54, 1.807) is 0 Å². The normalized spacial score (nSPS) is 10.1. The Hall–Kier alpha value is -2.04. The van der Waals surface area contributed by atoms with E-state index in [0.717, 1.165) is 6.42 Å². The Bertz CT molecular complexity index is 429. The van der Waals surface area contributed by atoms with Crippen molar-refractivity contribution in [2.45, 2.75) is 39.0 Å². The van der Waals surface area contributed by atoms with Crippen LogP contribution >= 0.6 is 0 Å². The fourth-order valence-electron chi connectivity index (χ4n) is 1.79. The number of carboxylic acids is 1. The van der Waals surface area contributed by atoms with E-state index in [0.29, 0.717) is 5.69 Å². The summed E-state index contributed by atoms with van der Waals surface area (Å²) in [6.45, 7) is 2.30. The van der Waals surface area contributed by atoms with Crippen LogP contribution in [0.5, 0.6) is 0 Å². The lowest BCUT2D eigenvalue weighted by molar-refractivity contribution is -0.136. The van der Waals surface area contributed by atoms with Gasteiger partial charge < -0.3 is 15.7 Å². The van der Waals surface area contributed by atoms with Gasteiger partial charge >= 0.3 is 12.0 Å². The lowest BCUT2D eigenvalue weighted by Crippen LogP contribution is -2.30. The summed E-state index contributed by atoms with van der Waals surface area (Å²) in [5, 5.41) is 13.6. The molecule has 0 spiro atoms. The number of urea groups is 1. The number of unbranched alkanes of at least 4 members (excludes halogenated alkanes) is 2. The third kappa shape index (κ3) is 6.78. The molecule has 0 saturated heterocycles. The van der Waals surface area contributed by atoms with E-state index in [2.05, 4.69) is 17.6 Å². The number of amides is 2. The van der Waals surface area contributed by atoms with Crippen LogP contribution in [0.3, 0.4) is 0 Å². The van der Waals surface area contributed by atoms with E-state index in [4.69, 9.17) is 5.11 Å². The predicted octanol–water partition coefficient (Wildman–Crippen LogP) is 3.02. The van der Waals surface area contributed by atoms with Gasteiger partial charge in [0.2, 0.25) is 0 Å². The highest BCUT2D eigenvalue weighted by Crippen LogP contribution is 2.12. The van der Waals surface area contributed by atoms with Crippen molar-refractivity contribution in [1.29, 1.82) is 0 Å². The molecule has 0 aliphatic heterocycles. The maximum atomic E-state index is 11.5. The SMILES string of the molecule is CCCCCc1ccc(NC(=O)NCCC(=O)O)cc1. The van der Waals surface area contributed by atoms with Crippen LogP contribution in [0, 0.1) is 0 Å². The Labute approximate surface area is 119 Å². The molecule has 0 aliphatic rings. The van der Waals surface area contributed by atoms with Crippen molar-refractivity contribution in [3.05, 3.63) is 29.8 Å². The van der Waals surface area contributed by atoms with Gasteiger partial charge in [-0.3, -0.25) is 4.79 Å². The van der Waals surface area contributed by atoms with Gasteiger partial charge in [-0.25, -0.2) is 4.79 Å². The zero-order valence-electron chi connectivity index (χ0n) is 11.8. The Morgan fingerprint density at radius 3 is 2.45 bits per heavy atom. The molecule has 0 fully saturated rings. The number of hydrogen-bond acceptors (Lipinski definition) is 2. The minimum Gasteiger partial charge on any atom is -0.481 e. The fourth-order valence-corrected chi connectivity index (χ4v) is 1.79. The molecule has 0 saturated carbocycles.